The van der Waals surface area contributed by atoms with Gasteiger partial charge in [-0.25, -0.2) is 4.98 Å². The Bertz CT molecular complexity index is 550. The Labute approximate surface area is 111 Å². The van der Waals surface area contributed by atoms with E-state index in [-0.39, 0.29) is 11.6 Å². The molecule has 2 rings (SSSR count). The number of halogens is 2. The van der Waals surface area contributed by atoms with E-state index in [4.69, 9.17) is 28.9 Å². The predicted octanol–water partition coefficient (Wildman–Crippen LogP) is 3.28. The van der Waals surface area contributed by atoms with E-state index < -0.39 is 0 Å². The minimum atomic E-state index is -0.351. The largest absolute Gasteiger partial charge is 0.375 e. The number of nitrogens with two attached hydrogens (primary N) is 1. The maximum Gasteiger partial charge on any atom is 0.275 e. The fourth-order valence-electron chi connectivity index (χ4n) is 1.21. The van der Waals surface area contributed by atoms with Gasteiger partial charge in [0.05, 0.1) is 0 Å². The third-order valence-electron chi connectivity index (χ3n) is 1.88. The van der Waals surface area contributed by atoms with Gasteiger partial charge in [-0.2, -0.15) is 0 Å². The molecule has 0 radical (unpaired) electrons. The molecular weight excluding hydrogens is 281 g/mol. The van der Waals surface area contributed by atoms with Crippen LogP contribution in [0.15, 0.2) is 23.6 Å². The van der Waals surface area contributed by atoms with Crippen molar-refractivity contribution >= 4 is 51.3 Å². The molecule has 0 aliphatic carbocycles. The first-order chi connectivity index (χ1) is 8.04. The van der Waals surface area contributed by atoms with Crippen molar-refractivity contribution in [1.82, 2.24) is 4.98 Å². The quantitative estimate of drug-likeness (QED) is 0.891. The van der Waals surface area contributed by atoms with Crippen LogP contribution in [0.2, 0.25) is 10.0 Å². The first kappa shape index (κ1) is 12.2. The van der Waals surface area contributed by atoms with Crippen molar-refractivity contribution < 1.29 is 4.79 Å². The molecule has 2 aromatic rings. The maximum absolute atomic E-state index is 11.7. The van der Waals surface area contributed by atoms with Crippen molar-refractivity contribution in [3.63, 3.8) is 0 Å². The van der Waals surface area contributed by atoms with Crippen LogP contribution in [0, 0.1) is 0 Å². The first-order valence-corrected chi connectivity index (χ1v) is 6.16. The lowest BCUT2D eigenvalue weighted by Crippen LogP contribution is -2.12. The molecule has 0 atom stereocenters. The molecule has 0 saturated heterocycles. The molecule has 88 valence electrons. The highest BCUT2D eigenvalue weighted by atomic mass is 35.5. The van der Waals surface area contributed by atoms with Crippen molar-refractivity contribution in [2.24, 2.45) is 0 Å². The highest BCUT2D eigenvalue weighted by Gasteiger charge is 2.10. The lowest BCUT2D eigenvalue weighted by atomic mass is 10.3. The summed E-state index contributed by atoms with van der Waals surface area (Å²) in [4.78, 5) is 15.6. The van der Waals surface area contributed by atoms with Gasteiger partial charge in [-0.15, -0.1) is 11.3 Å². The number of thiazole rings is 1. The molecule has 1 aromatic carbocycles. The Morgan fingerprint density at radius 3 is 2.47 bits per heavy atom. The van der Waals surface area contributed by atoms with Gasteiger partial charge in [0.1, 0.15) is 5.69 Å². The first-order valence-electron chi connectivity index (χ1n) is 4.53. The molecule has 17 heavy (non-hydrogen) atoms. The van der Waals surface area contributed by atoms with E-state index in [1.807, 2.05) is 0 Å². The van der Waals surface area contributed by atoms with E-state index in [2.05, 4.69) is 10.3 Å². The highest BCUT2D eigenvalue weighted by Crippen LogP contribution is 2.23. The standard InChI is InChI=1S/C10H7Cl2N3OS/c11-5-1-6(12)3-7(2-5)14-9(16)8-4-17-10(13)15-8/h1-4H,(H2,13,15)(H,14,16). The molecule has 4 nitrogen and oxygen atoms in total. The number of nitrogen functional groups attached to an aromatic ring is 1. The van der Waals surface area contributed by atoms with Crippen molar-refractivity contribution in [1.29, 1.82) is 0 Å². The number of carbonyl (C=O) groups excluding carboxylic acids is 1. The van der Waals surface area contributed by atoms with E-state index in [9.17, 15) is 4.79 Å². The molecule has 0 spiro atoms. The van der Waals surface area contributed by atoms with Gasteiger partial charge < -0.3 is 11.1 Å². The highest BCUT2D eigenvalue weighted by molar-refractivity contribution is 7.13. The second kappa shape index (κ2) is 4.91. The zero-order valence-electron chi connectivity index (χ0n) is 8.41. The SMILES string of the molecule is Nc1nc(C(=O)Nc2cc(Cl)cc(Cl)c2)cs1. The number of nitrogens with one attached hydrogen (secondary N) is 1. The molecule has 1 heterocycles. The smallest absolute Gasteiger partial charge is 0.275 e. The number of nitrogens with zero attached hydrogens (tertiary/aromatic N) is 1. The fraction of sp³-hybridized carbons (Fsp3) is 0. The number of carbonyl (C=O) groups is 1. The van der Waals surface area contributed by atoms with Crippen LogP contribution in [0.3, 0.4) is 0 Å². The Morgan fingerprint density at radius 2 is 1.94 bits per heavy atom. The molecule has 3 N–H and O–H groups in total. The van der Waals surface area contributed by atoms with Gasteiger partial charge >= 0.3 is 0 Å². The van der Waals surface area contributed by atoms with Gasteiger partial charge in [0.2, 0.25) is 0 Å². The Balaban J connectivity index is 2.18. The molecule has 0 unspecified atom stereocenters. The van der Waals surface area contributed by atoms with Gasteiger partial charge in [-0.05, 0) is 18.2 Å². The number of aromatic nitrogens is 1. The molecule has 7 heteroatoms. The summed E-state index contributed by atoms with van der Waals surface area (Å²) in [5, 5.41) is 5.46. The number of hydrogen-bond donors (Lipinski definition) is 2. The molecule has 0 aliphatic rings. The Morgan fingerprint density at radius 1 is 1.29 bits per heavy atom. The third-order valence-corrected chi connectivity index (χ3v) is 2.99. The number of rotatable bonds is 2. The van der Waals surface area contributed by atoms with Crippen LogP contribution in [0.5, 0.6) is 0 Å². The average Bonchev–Trinajstić information content (AvgIpc) is 2.63. The lowest BCUT2D eigenvalue weighted by molar-refractivity contribution is 0.102. The molecule has 0 saturated carbocycles. The van der Waals surface area contributed by atoms with E-state index in [1.165, 1.54) is 11.3 Å². The molecule has 1 amide bonds. The summed E-state index contributed by atoms with van der Waals surface area (Å²) >= 11 is 12.8. The molecule has 0 aliphatic heterocycles. The number of hydrogen-bond acceptors (Lipinski definition) is 4. The summed E-state index contributed by atoms with van der Waals surface area (Å²) in [5.41, 5.74) is 6.22. The number of anilines is 2. The predicted molar refractivity (Wildman–Crippen MR) is 70.9 cm³/mol. The maximum atomic E-state index is 11.7. The minimum Gasteiger partial charge on any atom is -0.375 e. The van der Waals surface area contributed by atoms with E-state index >= 15 is 0 Å². The van der Waals surface area contributed by atoms with E-state index in [0.29, 0.717) is 20.9 Å². The van der Waals surface area contributed by atoms with Gasteiger partial charge in [0, 0.05) is 21.1 Å². The van der Waals surface area contributed by atoms with Gasteiger partial charge in [-0.3, -0.25) is 4.79 Å². The van der Waals surface area contributed by atoms with Gasteiger partial charge in [0.25, 0.3) is 5.91 Å². The molecule has 0 fully saturated rings. The zero-order chi connectivity index (χ0) is 12.4. The normalized spacial score (nSPS) is 10.2. The average molecular weight is 288 g/mol. The van der Waals surface area contributed by atoms with Gasteiger partial charge in [0.15, 0.2) is 5.13 Å². The van der Waals surface area contributed by atoms with Crippen molar-refractivity contribution in [2.45, 2.75) is 0 Å². The summed E-state index contributed by atoms with van der Waals surface area (Å²) in [6.07, 6.45) is 0. The number of amides is 1. The second-order valence-corrected chi connectivity index (χ2v) is 4.95. The number of benzene rings is 1. The zero-order valence-corrected chi connectivity index (χ0v) is 10.7. The summed E-state index contributed by atoms with van der Waals surface area (Å²) in [6, 6.07) is 4.78. The molecule has 0 bridgehead atoms. The molecular formula is C10H7Cl2N3OS. The molecule has 1 aromatic heterocycles. The summed E-state index contributed by atoms with van der Waals surface area (Å²) < 4.78 is 0. The Hall–Kier alpha value is -1.30. The van der Waals surface area contributed by atoms with Gasteiger partial charge in [-0.1, -0.05) is 23.2 Å². The van der Waals surface area contributed by atoms with Crippen molar-refractivity contribution in [3.8, 4) is 0 Å². The monoisotopic (exact) mass is 287 g/mol. The fourth-order valence-corrected chi connectivity index (χ4v) is 2.28. The van der Waals surface area contributed by atoms with E-state index in [0.717, 1.165) is 0 Å². The van der Waals surface area contributed by atoms with Crippen LogP contribution in [0.25, 0.3) is 0 Å². The topological polar surface area (TPSA) is 68.0 Å². The lowest BCUT2D eigenvalue weighted by Gasteiger charge is -2.04. The van der Waals surface area contributed by atoms with Crippen LogP contribution in [0.4, 0.5) is 10.8 Å². The summed E-state index contributed by atoms with van der Waals surface area (Å²) in [6.45, 7) is 0. The minimum absolute atomic E-state index is 0.267. The van der Waals surface area contributed by atoms with Crippen molar-refractivity contribution in [2.75, 3.05) is 11.1 Å². The van der Waals surface area contributed by atoms with E-state index in [1.54, 1.807) is 23.6 Å². The third kappa shape index (κ3) is 3.09. The van der Waals surface area contributed by atoms with Crippen molar-refractivity contribution in [3.05, 3.63) is 39.3 Å². The summed E-state index contributed by atoms with van der Waals surface area (Å²) in [5.74, 6) is -0.351. The second-order valence-electron chi connectivity index (χ2n) is 3.18. The van der Waals surface area contributed by atoms with Crippen LogP contribution >= 0.6 is 34.5 Å². The van der Waals surface area contributed by atoms with Crippen LogP contribution < -0.4 is 11.1 Å². The van der Waals surface area contributed by atoms with Crippen LogP contribution in [-0.2, 0) is 0 Å². The summed E-state index contributed by atoms with van der Waals surface area (Å²) in [7, 11) is 0. The van der Waals surface area contributed by atoms with Crippen LogP contribution in [-0.4, -0.2) is 10.9 Å². The van der Waals surface area contributed by atoms with Crippen LogP contribution in [0.1, 0.15) is 10.5 Å². The Kier molecular flexibility index (Phi) is 3.51.